The Kier molecular flexibility index (Phi) is 4.98. The standard InChI is InChI=1S/C19H23N5O3/c1-5-14(13-8-6-12(2)7-9-13)21-15(25)10-24-18(26)16-17(20-11-22(16)3)23(4)19(24)27/h6-9,11,14H,5,10H2,1-4H3,(H,21,25). The number of hydrogen-bond donors (Lipinski definition) is 1. The molecular weight excluding hydrogens is 346 g/mol. The maximum atomic E-state index is 12.7. The van der Waals surface area contributed by atoms with Gasteiger partial charge in [-0.1, -0.05) is 36.8 Å². The van der Waals surface area contributed by atoms with Crippen LogP contribution in [-0.4, -0.2) is 24.6 Å². The van der Waals surface area contributed by atoms with Crippen LogP contribution in [0.5, 0.6) is 0 Å². The number of hydrogen-bond acceptors (Lipinski definition) is 4. The van der Waals surface area contributed by atoms with Crippen molar-refractivity contribution in [2.75, 3.05) is 0 Å². The van der Waals surface area contributed by atoms with Crippen LogP contribution in [0.15, 0.2) is 40.2 Å². The minimum Gasteiger partial charge on any atom is -0.348 e. The molecule has 0 spiro atoms. The zero-order chi connectivity index (χ0) is 19.7. The number of fused-ring (bicyclic) bond motifs is 1. The summed E-state index contributed by atoms with van der Waals surface area (Å²) in [5, 5.41) is 2.91. The molecule has 0 radical (unpaired) electrons. The monoisotopic (exact) mass is 369 g/mol. The van der Waals surface area contributed by atoms with Crippen LogP contribution in [-0.2, 0) is 25.4 Å². The number of carbonyl (C=O) groups is 1. The van der Waals surface area contributed by atoms with E-state index in [9.17, 15) is 14.4 Å². The van der Waals surface area contributed by atoms with E-state index < -0.39 is 11.2 Å². The van der Waals surface area contributed by atoms with E-state index in [4.69, 9.17) is 0 Å². The molecule has 1 atom stereocenters. The number of nitrogens with one attached hydrogen (secondary N) is 1. The lowest BCUT2D eigenvalue weighted by atomic mass is 10.0. The first-order valence-electron chi connectivity index (χ1n) is 8.80. The molecule has 3 rings (SSSR count). The largest absolute Gasteiger partial charge is 0.348 e. The van der Waals surface area contributed by atoms with Gasteiger partial charge in [0.05, 0.1) is 12.4 Å². The third-order valence-electron chi connectivity index (χ3n) is 4.73. The van der Waals surface area contributed by atoms with Gasteiger partial charge in [0.15, 0.2) is 11.2 Å². The quantitative estimate of drug-likeness (QED) is 0.727. The van der Waals surface area contributed by atoms with Crippen LogP contribution in [0.1, 0.15) is 30.5 Å². The van der Waals surface area contributed by atoms with Crippen molar-refractivity contribution in [3.05, 3.63) is 62.6 Å². The summed E-state index contributed by atoms with van der Waals surface area (Å²) in [7, 11) is 3.21. The Morgan fingerprint density at radius 2 is 1.85 bits per heavy atom. The van der Waals surface area contributed by atoms with Gasteiger partial charge < -0.3 is 9.88 Å². The van der Waals surface area contributed by atoms with Crippen LogP contribution in [0, 0.1) is 6.92 Å². The van der Waals surface area contributed by atoms with Gasteiger partial charge in [0.25, 0.3) is 5.56 Å². The Hall–Kier alpha value is -3.16. The fourth-order valence-electron chi connectivity index (χ4n) is 3.14. The predicted molar refractivity (Wildman–Crippen MR) is 103 cm³/mol. The minimum absolute atomic E-state index is 0.182. The molecule has 27 heavy (non-hydrogen) atoms. The maximum absolute atomic E-state index is 12.7. The number of nitrogens with zero attached hydrogens (tertiary/aromatic N) is 4. The van der Waals surface area contributed by atoms with Crippen LogP contribution in [0.4, 0.5) is 0 Å². The molecule has 0 aliphatic rings. The minimum atomic E-state index is -0.565. The number of rotatable bonds is 5. The summed E-state index contributed by atoms with van der Waals surface area (Å²) in [6, 6.07) is 7.73. The molecule has 2 aromatic heterocycles. The van der Waals surface area contributed by atoms with Gasteiger partial charge in [-0.25, -0.2) is 14.3 Å². The second kappa shape index (κ2) is 7.22. The molecule has 142 valence electrons. The van der Waals surface area contributed by atoms with E-state index in [1.165, 1.54) is 17.9 Å². The van der Waals surface area contributed by atoms with Crippen molar-refractivity contribution in [1.82, 2.24) is 24.0 Å². The second-order valence-corrected chi connectivity index (χ2v) is 6.70. The third-order valence-corrected chi connectivity index (χ3v) is 4.73. The number of imidazole rings is 1. The number of carbonyl (C=O) groups excluding carboxylic acids is 1. The van der Waals surface area contributed by atoms with Gasteiger partial charge in [0, 0.05) is 14.1 Å². The number of aromatic nitrogens is 4. The van der Waals surface area contributed by atoms with E-state index in [1.54, 1.807) is 11.6 Å². The van der Waals surface area contributed by atoms with Crippen LogP contribution in [0.2, 0.25) is 0 Å². The summed E-state index contributed by atoms with van der Waals surface area (Å²) < 4.78 is 3.77. The molecule has 1 unspecified atom stereocenters. The highest BCUT2D eigenvalue weighted by Crippen LogP contribution is 2.17. The normalized spacial score (nSPS) is 12.3. The molecule has 0 bridgehead atoms. The van der Waals surface area contributed by atoms with Crippen LogP contribution < -0.4 is 16.6 Å². The first kappa shape index (κ1) is 18.6. The molecule has 1 amide bonds. The Balaban J connectivity index is 1.89. The molecule has 8 heteroatoms. The Morgan fingerprint density at radius 1 is 1.19 bits per heavy atom. The zero-order valence-electron chi connectivity index (χ0n) is 15.9. The topological polar surface area (TPSA) is 90.9 Å². The number of amides is 1. The van der Waals surface area contributed by atoms with E-state index in [1.807, 2.05) is 38.1 Å². The van der Waals surface area contributed by atoms with Gasteiger partial charge >= 0.3 is 5.69 Å². The average Bonchev–Trinajstić information content (AvgIpc) is 3.04. The summed E-state index contributed by atoms with van der Waals surface area (Å²) in [6.07, 6.45) is 2.17. The molecule has 3 aromatic rings. The molecule has 0 saturated carbocycles. The van der Waals surface area contributed by atoms with E-state index in [0.29, 0.717) is 12.1 Å². The van der Waals surface area contributed by atoms with Crippen molar-refractivity contribution < 1.29 is 4.79 Å². The van der Waals surface area contributed by atoms with Crippen molar-refractivity contribution >= 4 is 17.1 Å². The van der Waals surface area contributed by atoms with Crippen molar-refractivity contribution in [2.45, 2.75) is 32.9 Å². The first-order chi connectivity index (χ1) is 12.8. The highest BCUT2D eigenvalue weighted by atomic mass is 16.2. The van der Waals surface area contributed by atoms with Crippen LogP contribution >= 0.6 is 0 Å². The lowest BCUT2D eigenvalue weighted by molar-refractivity contribution is -0.122. The Labute approximate surface area is 156 Å². The van der Waals surface area contributed by atoms with Gasteiger partial charge in [-0.05, 0) is 18.9 Å². The maximum Gasteiger partial charge on any atom is 0.332 e. The summed E-state index contributed by atoms with van der Waals surface area (Å²) in [6.45, 7) is 3.63. The summed E-state index contributed by atoms with van der Waals surface area (Å²) in [5.41, 5.74) is 1.63. The van der Waals surface area contributed by atoms with Gasteiger partial charge in [-0.2, -0.15) is 0 Å². The Morgan fingerprint density at radius 3 is 2.48 bits per heavy atom. The zero-order valence-corrected chi connectivity index (χ0v) is 15.9. The van der Waals surface area contributed by atoms with Crippen molar-refractivity contribution in [3.8, 4) is 0 Å². The van der Waals surface area contributed by atoms with Gasteiger partial charge in [-0.15, -0.1) is 0 Å². The average molecular weight is 369 g/mol. The first-order valence-corrected chi connectivity index (χ1v) is 8.80. The summed E-state index contributed by atoms with van der Waals surface area (Å²) in [5.74, 6) is -0.386. The fraction of sp³-hybridized carbons (Fsp3) is 0.368. The molecule has 0 aliphatic heterocycles. The van der Waals surface area contributed by atoms with E-state index in [-0.39, 0.29) is 24.0 Å². The van der Waals surface area contributed by atoms with E-state index in [0.717, 1.165) is 15.7 Å². The summed E-state index contributed by atoms with van der Waals surface area (Å²) in [4.78, 5) is 41.8. The van der Waals surface area contributed by atoms with E-state index in [2.05, 4.69) is 10.3 Å². The SMILES string of the molecule is CCC(NC(=O)Cn1c(=O)c2c(ncn2C)n(C)c1=O)c1ccc(C)cc1. The molecule has 8 nitrogen and oxygen atoms in total. The number of benzene rings is 1. The van der Waals surface area contributed by atoms with Gasteiger partial charge in [0.1, 0.15) is 6.54 Å². The van der Waals surface area contributed by atoms with Crippen LogP contribution in [0.25, 0.3) is 11.2 Å². The third kappa shape index (κ3) is 3.42. The highest BCUT2D eigenvalue weighted by molar-refractivity contribution is 5.77. The molecule has 1 N–H and O–H groups in total. The van der Waals surface area contributed by atoms with Crippen molar-refractivity contribution in [2.24, 2.45) is 14.1 Å². The Bertz CT molecular complexity index is 1110. The highest BCUT2D eigenvalue weighted by Gasteiger charge is 2.18. The molecule has 2 heterocycles. The fourth-order valence-corrected chi connectivity index (χ4v) is 3.14. The smallest absolute Gasteiger partial charge is 0.332 e. The number of aryl methyl sites for hydroxylation is 3. The lowest BCUT2D eigenvalue weighted by Crippen LogP contribution is -2.44. The van der Waals surface area contributed by atoms with Crippen molar-refractivity contribution in [1.29, 1.82) is 0 Å². The molecule has 1 aromatic carbocycles. The van der Waals surface area contributed by atoms with Crippen LogP contribution in [0.3, 0.4) is 0 Å². The predicted octanol–water partition coefficient (Wildman–Crippen LogP) is 1.01. The van der Waals surface area contributed by atoms with Crippen molar-refractivity contribution in [3.63, 3.8) is 0 Å². The second-order valence-electron chi connectivity index (χ2n) is 6.70. The van der Waals surface area contributed by atoms with Gasteiger partial charge in [-0.3, -0.25) is 14.2 Å². The summed E-state index contributed by atoms with van der Waals surface area (Å²) >= 11 is 0. The van der Waals surface area contributed by atoms with E-state index >= 15 is 0 Å². The lowest BCUT2D eigenvalue weighted by Gasteiger charge is -2.18. The molecule has 0 aliphatic carbocycles. The molecule has 0 saturated heterocycles. The molecular formula is C19H23N5O3. The van der Waals surface area contributed by atoms with Gasteiger partial charge in [0.2, 0.25) is 5.91 Å². The molecule has 0 fully saturated rings.